The number of rotatable bonds is 2. The van der Waals surface area contributed by atoms with Crippen LogP contribution in [0, 0.1) is 6.92 Å². The van der Waals surface area contributed by atoms with Gasteiger partial charge in [-0.3, -0.25) is 0 Å². The highest BCUT2D eigenvalue weighted by atomic mass is 14.9. The molecule has 204 valence electrons. The first-order valence-electron chi connectivity index (χ1n) is 15.4. The van der Waals surface area contributed by atoms with Gasteiger partial charge in [0.05, 0.1) is 16.6 Å². The molecule has 1 nitrogen and oxygen atoms in total. The van der Waals surface area contributed by atoms with E-state index in [1.807, 2.05) is 0 Å². The number of hydrogen-bond donors (Lipinski definition) is 0. The molecular weight excluding hydrogens is 530 g/mol. The zero-order chi connectivity index (χ0) is 28.9. The maximum absolute atomic E-state index is 2.46. The van der Waals surface area contributed by atoms with E-state index in [1.165, 1.54) is 98.2 Å². The molecule has 0 saturated carbocycles. The Morgan fingerprint density at radius 1 is 0.318 bits per heavy atom. The van der Waals surface area contributed by atoms with Crippen molar-refractivity contribution in [2.24, 2.45) is 0 Å². The number of fused-ring (bicyclic) bond motifs is 12. The van der Waals surface area contributed by atoms with Gasteiger partial charge < -0.3 is 4.40 Å². The van der Waals surface area contributed by atoms with Crippen LogP contribution in [0.2, 0.25) is 0 Å². The van der Waals surface area contributed by atoms with E-state index in [0.717, 1.165) is 0 Å². The first-order chi connectivity index (χ1) is 21.7. The Bertz CT molecular complexity index is 2740. The minimum absolute atomic E-state index is 1.23. The number of para-hydroxylation sites is 1. The molecule has 0 aliphatic rings. The summed E-state index contributed by atoms with van der Waals surface area (Å²) in [6.45, 7) is 2.21. The van der Waals surface area contributed by atoms with E-state index < -0.39 is 0 Å². The van der Waals surface area contributed by atoms with Crippen LogP contribution in [0.3, 0.4) is 0 Å². The number of hydrogen-bond acceptors (Lipinski definition) is 0. The van der Waals surface area contributed by atoms with Gasteiger partial charge in [-0.25, -0.2) is 0 Å². The normalized spacial score (nSPS) is 12.2. The number of aryl methyl sites for hydroxylation is 1. The third kappa shape index (κ3) is 3.19. The largest absolute Gasteiger partial charge is 0.308 e. The maximum Gasteiger partial charge on any atom is 0.0620 e. The smallest absolute Gasteiger partial charge is 0.0620 e. The number of aromatic nitrogens is 1. The third-order valence-corrected chi connectivity index (χ3v) is 9.71. The van der Waals surface area contributed by atoms with E-state index in [9.17, 15) is 0 Å². The van der Waals surface area contributed by atoms with Crippen LogP contribution in [0.5, 0.6) is 0 Å². The monoisotopic (exact) mass is 557 g/mol. The van der Waals surface area contributed by atoms with Gasteiger partial charge in [-0.05, 0) is 110 Å². The molecule has 0 saturated heterocycles. The van der Waals surface area contributed by atoms with Crippen LogP contribution in [-0.4, -0.2) is 4.40 Å². The molecule has 10 rings (SSSR count). The van der Waals surface area contributed by atoms with Crippen LogP contribution < -0.4 is 0 Å². The van der Waals surface area contributed by atoms with Gasteiger partial charge >= 0.3 is 0 Å². The molecule has 0 N–H and O–H groups in total. The van der Waals surface area contributed by atoms with Crippen molar-refractivity contribution in [3.05, 3.63) is 151 Å². The summed E-state index contributed by atoms with van der Waals surface area (Å²) in [5.74, 6) is 0. The SMILES string of the molecule is Cc1cc2c3ccccc3n3c4ccc(-c5cccc(-c6ccc7c8ccccc8c8ccccc8c7c6)c5)cc4c(c1)c23. The molecule has 2 heterocycles. The summed E-state index contributed by atoms with van der Waals surface area (Å²) in [5, 5.41) is 13.1. The zero-order valence-corrected chi connectivity index (χ0v) is 24.3. The lowest BCUT2D eigenvalue weighted by Gasteiger charge is -2.12. The van der Waals surface area contributed by atoms with E-state index in [0.29, 0.717) is 0 Å². The Morgan fingerprint density at radius 3 is 1.48 bits per heavy atom. The zero-order valence-electron chi connectivity index (χ0n) is 24.3. The summed E-state index contributed by atoms with van der Waals surface area (Å²) in [4.78, 5) is 0. The van der Waals surface area contributed by atoms with Crippen molar-refractivity contribution in [2.45, 2.75) is 6.92 Å². The molecule has 0 radical (unpaired) electrons. The van der Waals surface area contributed by atoms with Crippen molar-refractivity contribution in [2.75, 3.05) is 0 Å². The molecule has 1 heteroatoms. The molecule has 0 aliphatic heterocycles. The maximum atomic E-state index is 2.46. The van der Waals surface area contributed by atoms with Gasteiger partial charge in [0.1, 0.15) is 0 Å². The molecule has 0 aliphatic carbocycles. The van der Waals surface area contributed by atoms with E-state index in [-0.39, 0.29) is 0 Å². The van der Waals surface area contributed by atoms with Gasteiger partial charge in [-0.2, -0.15) is 0 Å². The molecule has 0 spiro atoms. The fourth-order valence-corrected chi connectivity index (χ4v) is 7.79. The van der Waals surface area contributed by atoms with Crippen molar-refractivity contribution in [3.63, 3.8) is 0 Å². The van der Waals surface area contributed by atoms with Crippen molar-refractivity contribution in [1.29, 1.82) is 0 Å². The number of benzene rings is 8. The van der Waals surface area contributed by atoms with Crippen molar-refractivity contribution >= 4 is 70.4 Å². The molecule has 10 aromatic rings. The van der Waals surface area contributed by atoms with Gasteiger partial charge in [0.2, 0.25) is 0 Å². The molecule has 0 unspecified atom stereocenters. The van der Waals surface area contributed by atoms with Gasteiger partial charge in [0, 0.05) is 21.5 Å². The molecule has 8 aromatic carbocycles. The Balaban J connectivity index is 1.16. The average molecular weight is 558 g/mol. The molecular formula is C43H27N. The van der Waals surface area contributed by atoms with Gasteiger partial charge in [0.15, 0.2) is 0 Å². The van der Waals surface area contributed by atoms with Crippen LogP contribution >= 0.6 is 0 Å². The van der Waals surface area contributed by atoms with E-state index in [1.54, 1.807) is 0 Å². The first kappa shape index (κ1) is 23.9. The Labute approximate surface area is 254 Å². The van der Waals surface area contributed by atoms with Gasteiger partial charge in [0.25, 0.3) is 0 Å². The fraction of sp³-hybridized carbons (Fsp3) is 0.0233. The highest BCUT2D eigenvalue weighted by Gasteiger charge is 2.18. The third-order valence-electron chi connectivity index (χ3n) is 9.71. The second-order valence-electron chi connectivity index (χ2n) is 12.2. The predicted molar refractivity (Wildman–Crippen MR) is 189 cm³/mol. The quantitative estimate of drug-likeness (QED) is 0.186. The highest BCUT2D eigenvalue weighted by molar-refractivity contribution is 6.26. The summed E-state index contributed by atoms with van der Waals surface area (Å²) < 4.78 is 2.46. The van der Waals surface area contributed by atoms with Crippen LogP contribution in [0.25, 0.3) is 92.7 Å². The molecule has 0 bridgehead atoms. The molecule has 2 aromatic heterocycles. The summed E-state index contributed by atoms with van der Waals surface area (Å²) in [6.07, 6.45) is 0. The highest BCUT2D eigenvalue weighted by Crippen LogP contribution is 2.42. The van der Waals surface area contributed by atoms with Crippen LogP contribution in [0.4, 0.5) is 0 Å². The van der Waals surface area contributed by atoms with Gasteiger partial charge in [-0.15, -0.1) is 0 Å². The lowest BCUT2D eigenvalue weighted by Crippen LogP contribution is -1.86. The summed E-state index contributed by atoms with van der Waals surface area (Å²) in [5.41, 5.74) is 10.1. The standard InChI is InChI=1S/C43H27N/c1-26-21-39-36-15-6-7-16-41(36)44-42-20-18-30(25-38(42)40(22-26)43(39)44)28-10-8-9-27(23-28)29-17-19-35-33-13-3-2-11-31(33)32-12-4-5-14-34(32)37(35)24-29/h2-25H,1H3. The number of nitrogens with zero attached hydrogens (tertiary/aromatic N) is 1. The summed E-state index contributed by atoms with van der Waals surface area (Å²) in [6, 6.07) is 54.1. The molecule has 0 atom stereocenters. The van der Waals surface area contributed by atoms with E-state index >= 15 is 0 Å². The molecule has 0 amide bonds. The Kier molecular flexibility index (Phi) is 4.71. The van der Waals surface area contributed by atoms with Crippen LogP contribution in [-0.2, 0) is 0 Å². The second kappa shape index (κ2) is 8.69. The lowest BCUT2D eigenvalue weighted by molar-refractivity contribution is 1.37. The Hall–Kier alpha value is -5.66. The summed E-state index contributed by atoms with van der Waals surface area (Å²) >= 11 is 0. The van der Waals surface area contributed by atoms with Crippen molar-refractivity contribution in [1.82, 2.24) is 4.40 Å². The van der Waals surface area contributed by atoms with Crippen molar-refractivity contribution in [3.8, 4) is 22.3 Å². The van der Waals surface area contributed by atoms with Crippen LogP contribution in [0.15, 0.2) is 146 Å². The minimum atomic E-state index is 1.23. The summed E-state index contributed by atoms with van der Waals surface area (Å²) in [7, 11) is 0. The fourth-order valence-electron chi connectivity index (χ4n) is 7.79. The minimum Gasteiger partial charge on any atom is -0.308 e. The van der Waals surface area contributed by atoms with E-state index in [2.05, 4.69) is 157 Å². The van der Waals surface area contributed by atoms with Crippen molar-refractivity contribution < 1.29 is 0 Å². The van der Waals surface area contributed by atoms with E-state index in [4.69, 9.17) is 0 Å². The van der Waals surface area contributed by atoms with Gasteiger partial charge in [-0.1, -0.05) is 103 Å². The lowest BCUT2D eigenvalue weighted by atomic mass is 9.91. The van der Waals surface area contributed by atoms with Crippen LogP contribution in [0.1, 0.15) is 5.56 Å². The average Bonchev–Trinajstić information content (AvgIpc) is 3.59. The topological polar surface area (TPSA) is 4.41 Å². The molecule has 44 heavy (non-hydrogen) atoms. The first-order valence-corrected chi connectivity index (χ1v) is 15.4. The second-order valence-corrected chi connectivity index (χ2v) is 12.2. The predicted octanol–water partition coefficient (Wildman–Crippen LogP) is 11.9. The Morgan fingerprint density at radius 2 is 0.795 bits per heavy atom. The molecule has 0 fully saturated rings.